The van der Waals surface area contributed by atoms with Crippen LogP contribution in [0, 0.1) is 6.92 Å². The lowest BCUT2D eigenvalue weighted by Gasteiger charge is -2.20. The van der Waals surface area contributed by atoms with Gasteiger partial charge in [-0.05, 0) is 85.1 Å². The number of nitrogens with zero attached hydrogens (tertiary/aromatic N) is 1. The van der Waals surface area contributed by atoms with Crippen LogP contribution in [0.5, 0.6) is 11.5 Å². The van der Waals surface area contributed by atoms with Gasteiger partial charge in [-0.15, -0.1) is 3.71 Å². The van der Waals surface area contributed by atoms with Crippen molar-refractivity contribution in [3.8, 4) is 11.5 Å². The first kappa shape index (κ1) is 23.1. The summed E-state index contributed by atoms with van der Waals surface area (Å²) in [6.45, 7) is 3.54. The van der Waals surface area contributed by atoms with Gasteiger partial charge >= 0.3 is 5.97 Å². The number of hydrogen-bond donors (Lipinski definition) is 1. The molecule has 0 unspecified atom stereocenters. The minimum atomic E-state index is -3.90. The molecule has 0 radical (unpaired) electrons. The summed E-state index contributed by atoms with van der Waals surface area (Å²) >= 11 is 6.92. The van der Waals surface area contributed by atoms with Crippen molar-refractivity contribution in [2.75, 3.05) is 6.54 Å². The second-order valence-corrected chi connectivity index (χ2v) is 10.1. The Morgan fingerprint density at radius 3 is 2.16 bits per heavy atom. The molecule has 0 aliphatic carbocycles. The van der Waals surface area contributed by atoms with Gasteiger partial charge in [0.05, 0.1) is 10.5 Å². The van der Waals surface area contributed by atoms with Crippen molar-refractivity contribution in [3.63, 3.8) is 0 Å². The molecule has 0 aromatic heterocycles. The molecule has 3 aromatic carbocycles. The van der Waals surface area contributed by atoms with E-state index < -0.39 is 16.0 Å². The van der Waals surface area contributed by atoms with Crippen LogP contribution in [0.15, 0.2) is 76.5 Å². The van der Waals surface area contributed by atoms with Gasteiger partial charge in [-0.3, -0.25) is 0 Å². The number of hydrogen-bond acceptors (Lipinski definition) is 5. The van der Waals surface area contributed by atoms with E-state index in [1.54, 1.807) is 62.4 Å². The Bertz CT molecular complexity index is 1180. The number of aryl methyl sites for hydroxylation is 1. The monoisotopic (exact) mass is 477 g/mol. The number of halogens is 1. The highest BCUT2D eigenvalue weighted by Crippen LogP contribution is 2.32. The second-order valence-electron chi connectivity index (χ2n) is 6.52. The van der Waals surface area contributed by atoms with Crippen molar-refractivity contribution in [1.82, 2.24) is 3.71 Å². The van der Waals surface area contributed by atoms with E-state index in [4.69, 9.17) is 16.3 Å². The first-order valence-corrected chi connectivity index (χ1v) is 11.9. The van der Waals surface area contributed by atoms with E-state index in [0.717, 1.165) is 11.9 Å². The van der Waals surface area contributed by atoms with Gasteiger partial charge in [0.1, 0.15) is 11.5 Å². The summed E-state index contributed by atoms with van der Waals surface area (Å²) in [6.07, 6.45) is 0. The zero-order valence-corrected chi connectivity index (χ0v) is 19.2. The van der Waals surface area contributed by atoms with E-state index in [1.807, 2.05) is 0 Å². The highest BCUT2D eigenvalue weighted by atomic mass is 35.5. The highest BCUT2D eigenvalue weighted by Gasteiger charge is 2.26. The van der Waals surface area contributed by atoms with E-state index in [-0.39, 0.29) is 17.0 Å². The van der Waals surface area contributed by atoms with Gasteiger partial charge in [0.25, 0.3) is 10.0 Å². The molecule has 0 aliphatic heterocycles. The molecule has 0 saturated carbocycles. The molecule has 0 bridgehead atoms. The van der Waals surface area contributed by atoms with Crippen LogP contribution in [0.2, 0.25) is 5.02 Å². The van der Waals surface area contributed by atoms with Crippen molar-refractivity contribution in [1.29, 1.82) is 0 Å². The summed E-state index contributed by atoms with van der Waals surface area (Å²) in [5.41, 5.74) is 0.462. The Labute approximate surface area is 190 Å². The Morgan fingerprint density at radius 1 is 1.03 bits per heavy atom. The van der Waals surface area contributed by atoms with Gasteiger partial charge < -0.3 is 9.84 Å². The van der Waals surface area contributed by atoms with Crippen molar-refractivity contribution < 1.29 is 23.1 Å². The third-order valence-corrected chi connectivity index (χ3v) is 8.00. The molecule has 0 saturated heterocycles. The number of ether oxygens (including phenoxy) is 1. The maximum atomic E-state index is 13.1. The van der Waals surface area contributed by atoms with Crippen molar-refractivity contribution in [2.24, 2.45) is 0 Å². The topological polar surface area (TPSA) is 83.9 Å². The minimum Gasteiger partial charge on any atom is -0.478 e. The average Bonchev–Trinajstić information content (AvgIpc) is 2.74. The van der Waals surface area contributed by atoms with Crippen molar-refractivity contribution in [3.05, 3.63) is 82.9 Å². The van der Waals surface area contributed by atoms with Crippen LogP contribution in [0.4, 0.5) is 0 Å². The van der Waals surface area contributed by atoms with Crippen LogP contribution in [0.25, 0.3) is 0 Å². The smallest absolute Gasteiger partial charge is 0.335 e. The number of aromatic carboxylic acids is 1. The van der Waals surface area contributed by atoms with Gasteiger partial charge in [-0.2, -0.15) is 0 Å². The molecule has 0 fully saturated rings. The first-order chi connectivity index (χ1) is 14.7. The molecule has 0 heterocycles. The zero-order chi connectivity index (χ0) is 22.6. The predicted molar refractivity (Wildman–Crippen MR) is 122 cm³/mol. The molecule has 6 nitrogen and oxygen atoms in total. The fourth-order valence-corrected chi connectivity index (χ4v) is 5.46. The Hall–Kier alpha value is -2.52. The molecule has 0 spiro atoms. The number of rotatable bonds is 8. The third-order valence-electron chi connectivity index (χ3n) is 4.34. The van der Waals surface area contributed by atoms with E-state index in [1.165, 1.54) is 21.9 Å². The van der Waals surface area contributed by atoms with Gasteiger partial charge in [0, 0.05) is 16.5 Å². The summed E-state index contributed by atoms with van der Waals surface area (Å²) in [7, 11) is -3.90. The van der Waals surface area contributed by atoms with Crippen LogP contribution in [0.1, 0.15) is 22.8 Å². The number of carboxylic acid groups (broad SMARTS) is 1. The lowest BCUT2D eigenvalue weighted by molar-refractivity contribution is 0.0696. The van der Waals surface area contributed by atoms with Crippen LogP contribution in [0.3, 0.4) is 0 Å². The summed E-state index contributed by atoms with van der Waals surface area (Å²) in [6, 6.07) is 18.1. The summed E-state index contributed by atoms with van der Waals surface area (Å²) in [4.78, 5) is 12.0. The molecule has 0 atom stereocenters. The van der Waals surface area contributed by atoms with E-state index in [0.29, 0.717) is 27.0 Å². The zero-order valence-electron chi connectivity index (χ0n) is 16.8. The summed E-state index contributed by atoms with van der Waals surface area (Å²) in [5.74, 6) is 0.0694. The third kappa shape index (κ3) is 5.59. The van der Waals surface area contributed by atoms with E-state index in [9.17, 15) is 18.3 Å². The molecule has 1 N–H and O–H groups in total. The first-order valence-electron chi connectivity index (χ1n) is 9.29. The Morgan fingerprint density at radius 2 is 1.61 bits per heavy atom. The Kier molecular flexibility index (Phi) is 7.27. The largest absolute Gasteiger partial charge is 0.478 e. The molecule has 3 rings (SSSR count). The van der Waals surface area contributed by atoms with Crippen LogP contribution >= 0.6 is 23.5 Å². The van der Waals surface area contributed by atoms with Gasteiger partial charge in [0.2, 0.25) is 0 Å². The molecule has 0 aliphatic rings. The predicted octanol–water partition coefficient (Wildman–Crippen LogP) is 5.86. The molecule has 31 heavy (non-hydrogen) atoms. The molecule has 9 heteroatoms. The van der Waals surface area contributed by atoms with Crippen LogP contribution < -0.4 is 4.74 Å². The van der Waals surface area contributed by atoms with Crippen LogP contribution in [-0.2, 0) is 10.0 Å². The van der Waals surface area contributed by atoms with E-state index >= 15 is 0 Å². The molecule has 0 amide bonds. The second kappa shape index (κ2) is 9.74. The fraction of sp³-hybridized carbons (Fsp3) is 0.136. The average molecular weight is 478 g/mol. The lowest BCUT2D eigenvalue weighted by Crippen LogP contribution is -2.24. The van der Waals surface area contributed by atoms with Crippen molar-refractivity contribution >= 4 is 39.5 Å². The number of carboxylic acids is 1. The Balaban J connectivity index is 1.77. The minimum absolute atomic E-state index is 0.0363. The molecule has 3 aromatic rings. The normalized spacial score (nSPS) is 11.5. The maximum Gasteiger partial charge on any atom is 0.335 e. The fourth-order valence-electron chi connectivity index (χ4n) is 2.72. The van der Waals surface area contributed by atoms with Gasteiger partial charge in [-0.25, -0.2) is 13.2 Å². The summed E-state index contributed by atoms with van der Waals surface area (Å²) < 4.78 is 33.1. The quantitative estimate of drug-likeness (QED) is 0.409. The maximum absolute atomic E-state index is 13.1. The van der Waals surface area contributed by atoms with E-state index in [2.05, 4.69) is 0 Å². The number of benzene rings is 3. The number of carbonyl (C=O) groups is 1. The summed E-state index contributed by atoms with van der Waals surface area (Å²) in [5, 5.41) is 9.91. The molecular weight excluding hydrogens is 458 g/mol. The highest BCUT2D eigenvalue weighted by molar-refractivity contribution is 8.08. The standard InChI is InChI=1S/C22H20ClNO5S2/c1-3-24(31(27,28)20-13-4-15(2)21(14-20)22(25)26)30-19-11-9-18(10-12-19)29-17-7-5-16(23)6-8-17/h4-14H,3H2,1-2H3,(H,25,26). The van der Waals surface area contributed by atoms with Gasteiger partial charge in [-0.1, -0.05) is 24.6 Å². The van der Waals surface area contributed by atoms with Crippen molar-refractivity contribution in [2.45, 2.75) is 23.6 Å². The molecule has 162 valence electrons. The number of sulfonamides is 1. The van der Waals surface area contributed by atoms with Gasteiger partial charge in [0.15, 0.2) is 0 Å². The molecular formula is C22H20ClNO5S2. The van der Waals surface area contributed by atoms with Crippen LogP contribution in [-0.4, -0.2) is 29.7 Å². The SMILES string of the molecule is CCN(Sc1ccc(Oc2ccc(Cl)cc2)cc1)S(=O)(=O)c1ccc(C)c(C(=O)O)c1. The lowest BCUT2D eigenvalue weighted by atomic mass is 10.1.